The molecule has 27 heavy (non-hydrogen) atoms. The van der Waals surface area contributed by atoms with Gasteiger partial charge in [0.25, 0.3) is 0 Å². The van der Waals surface area contributed by atoms with Crippen LogP contribution >= 0.6 is 0 Å². The van der Waals surface area contributed by atoms with E-state index in [1.54, 1.807) is 0 Å². The van der Waals surface area contributed by atoms with Crippen LogP contribution in [0, 0.1) is 5.92 Å². The van der Waals surface area contributed by atoms with Gasteiger partial charge in [-0.25, -0.2) is 0 Å². The van der Waals surface area contributed by atoms with Crippen molar-refractivity contribution >= 4 is 11.6 Å². The summed E-state index contributed by atoms with van der Waals surface area (Å²) in [6.45, 7) is 6.11. The Morgan fingerprint density at radius 3 is 2.81 bits per heavy atom. The second-order valence-electron chi connectivity index (χ2n) is 7.56. The molecule has 2 aromatic heterocycles. The van der Waals surface area contributed by atoms with Gasteiger partial charge in [-0.2, -0.15) is 0 Å². The first-order chi connectivity index (χ1) is 13.3. The molecule has 0 atom stereocenters. The lowest BCUT2D eigenvalue weighted by atomic mass is 9.83. The second-order valence-corrected chi connectivity index (χ2v) is 7.56. The van der Waals surface area contributed by atoms with E-state index in [9.17, 15) is 0 Å². The highest BCUT2D eigenvalue weighted by Crippen LogP contribution is 2.27. The van der Waals surface area contributed by atoms with E-state index in [4.69, 9.17) is 4.99 Å². The van der Waals surface area contributed by atoms with Crippen LogP contribution in [0.3, 0.4) is 0 Å². The van der Waals surface area contributed by atoms with Crippen molar-refractivity contribution in [1.29, 1.82) is 0 Å². The molecule has 1 fully saturated rings. The first-order valence-corrected chi connectivity index (χ1v) is 10.6. The molecular formula is C21H34N6. The van der Waals surface area contributed by atoms with Gasteiger partial charge in [-0.3, -0.25) is 9.39 Å². The van der Waals surface area contributed by atoms with Crippen molar-refractivity contribution in [3.63, 3.8) is 0 Å². The van der Waals surface area contributed by atoms with Crippen molar-refractivity contribution in [1.82, 2.24) is 25.2 Å². The SMILES string of the molecule is CCCC1CCC(NC(=NCCCc2nnc3ccccn23)NCC)CC1. The van der Waals surface area contributed by atoms with Crippen molar-refractivity contribution in [2.45, 2.75) is 71.3 Å². The average Bonchev–Trinajstić information content (AvgIpc) is 3.10. The van der Waals surface area contributed by atoms with E-state index in [1.165, 1.54) is 38.5 Å². The fraction of sp³-hybridized carbons (Fsp3) is 0.667. The van der Waals surface area contributed by atoms with Gasteiger partial charge in [0.05, 0.1) is 0 Å². The van der Waals surface area contributed by atoms with Crippen LogP contribution in [0.2, 0.25) is 0 Å². The van der Waals surface area contributed by atoms with Gasteiger partial charge in [-0.05, 0) is 57.1 Å². The Bertz CT molecular complexity index is 714. The molecule has 0 aromatic carbocycles. The van der Waals surface area contributed by atoms with Crippen LogP contribution in [-0.4, -0.2) is 39.7 Å². The minimum absolute atomic E-state index is 0.566. The number of fused-ring (bicyclic) bond motifs is 1. The molecule has 2 aromatic rings. The number of aromatic nitrogens is 3. The number of nitrogens with zero attached hydrogens (tertiary/aromatic N) is 4. The number of pyridine rings is 1. The number of hydrogen-bond donors (Lipinski definition) is 2. The van der Waals surface area contributed by atoms with E-state index in [2.05, 4.69) is 39.1 Å². The Balaban J connectivity index is 1.46. The Morgan fingerprint density at radius 2 is 2.04 bits per heavy atom. The van der Waals surface area contributed by atoms with Gasteiger partial charge in [-0.1, -0.05) is 25.8 Å². The van der Waals surface area contributed by atoms with E-state index in [0.29, 0.717) is 6.04 Å². The summed E-state index contributed by atoms with van der Waals surface area (Å²) in [6, 6.07) is 6.55. The summed E-state index contributed by atoms with van der Waals surface area (Å²) in [6.07, 6.45) is 11.8. The zero-order chi connectivity index (χ0) is 18.9. The molecule has 1 aliphatic carbocycles. The summed E-state index contributed by atoms with van der Waals surface area (Å²) in [5, 5.41) is 15.6. The molecule has 3 rings (SSSR count). The van der Waals surface area contributed by atoms with E-state index >= 15 is 0 Å². The Hall–Kier alpha value is -2.11. The lowest BCUT2D eigenvalue weighted by Gasteiger charge is -2.30. The first kappa shape index (κ1) is 19.6. The minimum Gasteiger partial charge on any atom is -0.357 e. The molecule has 6 heteroatoms. The third-order valence-electron chi connectivity index (χ3n) is 5.44. The topological polar surface area (TPSA) is 66.6 Å². The second kappa shape index (κ2) is 10.3. The summed E-state index contributed by atoms with van der Waals surface area (Å²) in [5.74, 6) is 2.90. The molecule has 0 saturated heterocycles. The minimum atomic E-state index is 0.566. The maximum absolute atomic E-state index is 4.78. The predicted octanol–water partition coefficient (Wildman–Crippen LogP) is 3.58. The van der Waals surface area contributed by atoms with Crippen LogP contribution in [0.1, 0.15) is 64.6 Å². The summed E-state index contributed by atoms with van der Waals surface area (Å²) in [5.41, 5.74) is 0.907. The van der Waals surface area contributed by atoms with E-state index in [0.717, 1.165) is 49.3 Å². The van der Waals surface area contributed by atoms with Crippen LogP contribution in [-0.2, 0) is 6.42 Å². The predicted molar refractivity (Wildman–Crippen MR) is 111 cm³/mol. The highest BCUT2D eigenvalue weighted by Gasteiger charge is 2.21. The van der Waals surface area contributed by atoms with E-state index < -0.39 is 0 Å². The largest absolute Gasteiger partial charge is 0.357 e. The van der Waals surface area contributed by atoms with Crippen molar-refractivity contribution in [2.24, 2.45) is 10.9 Å². The van der Waals surface area contributed by atoms with Gasteiger partial charge in [0.1, 0.15) is 5.82 Å². The number of aryl methyl sites for hydroxylation is 1. The number of guanidine groups is 1. The fourth-order valence-corrected chi connectivity index (χ4v) is 4.01. The fourth-order valence-electron chi connectivity index (χ4n) is 4.01. The highest BCUT2D eigenvalue weighted by atomic mass is 15.2. The molecule has 0 aliphatic heterocycles. The average molecular weight is 371 g/mol. The summed E-state index contributed by atoms with van der Waals surface area (Å²) in [4.78, 5) is 4.78. The van der Waals surface area contributed by atoms with Crippen LogP contribution in [0.15, 0.2) is 29.4 Å². The molecule has 1 aliphatic rings. The monoisotopic (exact) mass is 370 g/mol. The molecular weight excluding hydrogens is 336 g/mol. The molecule has 0 amide bonds. The number of rotatable bonds is 8. The molecule has 0 bridgehead atoms. The zero-order valence-corrected chi connectivity index (χ0v) is 16.8. The summed E-state index contributed by atoms with van der Waals surface area (Å²) >= 11 is 0. The number of aliphatic imine (C=N–C) groups is 1. The normalized spacial score (nSPS) is 20.7. The standard InChI is InChI=1S/C21H34N6/c1-3-8-17-11-13-18(14-12-17)24-21(22-4-2)23-15-7-10-20-26-25-19-9-5-6-16-27(19)20/h5-6,9,16-18H,3-4,7-8,10-15H2,1-2H3,(H2,22,23,24). The summed E-state index contributed by atoms with van der Waals surface area (Å²) < 4.78 is 2.06. The molecule has 2 heterocycles. The molecule has 148 valence electrons. The van der Waals surface area contributed by atoms with Crippen LogP contribution in [0.4, 0.5) is 0 Å². The maximum atomic E-state index is 4.78. The van der Waals surface area contributed by atoms with Crippen LogP contribution < -0.4 is 10.6 Å². The van der Waals surface area contributed by atoms with Crippen molar-refractivity contribution in [2.75, 3.05) is 13.1 Å². The third kappa shape index (κ3) is 5.68. The maximum Gasteiger partial charge on any atom is 0.191 e. The first-order valence-electron chi connectivity index (χ1n) is 10.6. The molecule has 6 nitrogen and oxygen atoms in total. The van der Waals surface area contributed by atoms with Gasteiger partial charge in [-0.15, -0.1) is 10.2 Å². The van der Waals surface area contributed by atoms with Crippen molar-refractivity contribution < 1.29 is 0 Å². The highest BCUT2D eigenvalue weighted by molar-refractivity contribution is 5.80. The molecule has 0 radical (unpaired) electrons. The lowest BCUT2D eigenvalue weighted by molar-refractivity contribution is 0.295. The Labute approximate surface area is 162 Å². The molecule has 2 N–H and O–H groups in total. The van der Waals surface area contributed by atoms with Gasteiger partial charge in [0, 0.05) is 31.7 Å². The molecule has 1 saturated carbocycles. The van der Waals surface area contributed by atoms with Gasteiger partial charge < -0.3 is 10.6 Å². The smallest absolute Gasteiger partial charge is 0.191 e. The summed E-state index contributed by atoms with van der Waals surface area (Å²) in [7, 11) is 0. The van der Waals surface area contributed by atoms with E-state index in [-0.39, 0.29) is 0 Å². The molecule has 0 unspecified atom stereocenters. The van der Waals surface area contributed by atoms with Gasteiger partial charge >= 0.3 is 0 Å². The van der Waals surface area contributed by atoms with Crippen LogP contribution in [0.25, 0.3) is 5.65 Å². The zero-order valence-electron chi connectivity index (χ0n) is 16.8. The molecule has 0 spiro atoms. The number of hydrogen-bond acceptors (Lipinski definition) is 3. The van der Waals surface area contributed by atoms with Gasteiger partial charge in [0.15, 0.2) is 11.6 Å². The quantitative estimate of drug-likeness (QED) is 0.423. The van der Waals surface area contributed by atoms with Crippen molar-refractivity contribution in [3.05, 3.63) is 30.2 Å². The van der Waals surface area contributed by atoms with E-state index in [1.807, 2.05) is 24.4 Å². The van der Waals surface area contributed by atoms with Crippen LogP contribution in [0.5, 0.6) is 0 Å². The lowest BCUT2D eigenvalue weighted by Crippen LogP contribution is -2.45. The third-order valence-corrected chi connectivity index (χ3v) is 5.44. The van der Waals surface area contributed by atoms with Gasteiger partial charge in [0.2, 0.25) is 0 Å². The van der Waals surface area contributed by atoms with Crippen molar-refractivity contribution in [3.8, 4) is 0 Å². The Morgan fingerprint density at radius 1 is 1.19 bits per heavy atom. The number of nitrogens with one attached hydrogen (secondary N) is 2. The Kier molecular flexibility index (Phi) is 7.48.